The molecule has 0 unspecified atom stereocenters. The predicted octanol–water partition coefficient (Wildman–Crippen LogP) is 3.46. The van der Waals surface area contributed by atoms with Gasteiger partial charge in [-0.3, -0.25) is 4.79 Å². The van der Waals surface area contributed by atoms with E-state index in [1.165, 1.54) is 6.07 Å². The van der Waals surface area contributed by atoms with Crippen LogP contribution in [0.3, 0.4) is 0 Å². The molecule has 7 nitrogen and oxygen atoms in total. The van der Waals surface area contributed by atoms with Gasteiger partial charge >= 0.3 is 5.97 Å². The van der Waals surface area contributed by atoms with Gasteiger partial charge in [0.15, 0.2) is 12.9 Å². The summed E-state index contributed by atoms with van der Waals surface area (Å²) in [6.45, 7) is 3.71. The topological polar surface area (TPSA) is 83.1 Å². The summed E-state index contributed by atoms with van der Waals surface area (Å²) in [6.07, 6.45) is -0.845. The molecule has 1 aliphatic heterocycles. The van der Waals surface area contributed by atoms with E-state index < -0.39 is 23.5 Å². The first kappa shape index (κ1) is 21.7. The smallest absolute Gasteiger partial charge is 0.344 e. The van der Waals surface area contributed by atoms with Crippen molar-refractivity contribution in [3.63, 3.8) is 0 Å². The lowest BCUT2D eigenvalue weighted by molar-refractivity contribution is -0.227. The Bertz CT molecular complexity index is 877. The lowest BCUT2D eigenvalue weighted by atomic mass is 9.90. The van der Waals surface area contributed by atoms with Crippen molar-refractivity contribution in [1.82, 2.24) is 0 Å². The zero-order valence-electron chi connectivity index (χ0n) is 16.9. The van der Waals surface area contributed by atoms with E-state index in [9.17, 15) is 14.0 Å². The van der Waals surface area contributed by atoms with E-state index in [1.54, 1.807) is 56.3 Å². The fourth-order valence-corrected chi connectivity index (χ4v) is 2.85. The normalized spacial score (nSPS) is 21.0. The van der Waals surface area contributed by atoms with Gasteiger partial charge in [-0.25, -0.2) is 9.18 Å². The van der Waals surface area contributed by atoms with Crippen LogP contribution in [-0.2, 0) is 23.8 Å². The zero-order chi connectivity index (χ0) is 21.6. The van der Waals surface area contributed by atoms with E-state index in [0.717, 1.165) is 0 Å². The minimum atomic E-state index is -0.930. The van der Waals surface area contributed by atoms with Crippen molar-refractivity contribution in [2.75, 3.05) is 31.7 Å². The predicted molar refractivity (Wildman–Crippen MR) is 106 cm³/mol. The van der Waals surface area contributed by atoms with Crippen LogP contribution >= 0.6 is 0 Å². The van der Waals surface area contributed by atoms with Crippen molar-refractivity contribution in [2.24, 2.45) is 5.41 Å². The van der Waals surface area contributed by atoms with Crippen LogP contribution in [0.25, 0.3) is 0 Å². The van der Waals surface area contributed by atoms with Crippen LogP contribution in [0.15, 0.2) is 48.5 Å². The monoisotopic (exact) mass is 417 g/mol. The standard InChI is InChI=1S/C22H24FNO6/c1-3-27-19(25)12-28-16-10-8-15(9-11-16)24-21(26)22(2)13-29-20(30-14-22)17-6-4-5-7-18(17)23/h4-11,20H,3,12-14H2,1-2H3,(H,24,26). The molecule has 1 amide bonds. The highest BCUT2D eigenvalue weighted by Gasteiger charge is 2.40. The minimum Gasteiger partial charge on any atom is -0.482 e. The second-order valence-electron chi connectivity index (χ2n) is 7.11. The summed E-state index contributed by atoms with van der Waals surface area (Å²) in [5.41, 5.74) is -0.0693. The molecule has 0 atom stereocenters. The van der Waals surface area contributed by atoms with E-state index in [2.05, 4.69) is 5.32 Å². The fraction of sp³-hybridized carbons (Fsp3) is 0.364. The highest BCUT2D eigenvalue weighted by molar-refractivity contribution is 5.95. The zero-order valence-corrected chi connectivity index (χ0v) is 16.9. The number of esters is 1. The molecule has 160 valence electrons. The summed E-state index contributed by atoms with van der Waals surface area (Å²) in [4.78, 5) is 24.1. The number of anilines is 1. The number of benzene rings is 2. The van der Waals surface area contributed by atoms with Gasteiger partial charge in [-0.05, 0) is 44.2 Å². The molecule has 1 aliphatic rings. The average molecular weight is 417 g/mol. The van der Waals surface area contributed by atoms with Crippen molar-refractivity contribution in [3.8, 4) is 5.75 Å². The number of hydrogen-bond donors (Lipinski definition) is 1. The van der Waals surface area contributed by atoms with Crippen molar-refractivity contribution in [1.29, 1.82) is 0 Å². The Morgan fingerprint density at radius 3 is 2.43 bits per heavy atom. The molecule has 1 N–H and O–H groups in total. The Balaban J connectivity index is 1.53. The Morgan fingerprint density at radius 1 is 1.13 bits per heavy atom. The van der Waals surface area contributed by atoms with E-state index >= 15 is 0 Å². The molecule has 30 heavy (non-hydrogen) atoms. The maximum atomic E-state index is 13.9. The molecular formula is C22H24FNO6. The third kappa shape index (κ3) is 5.34. The van der Waals surface area contributed by atoms with E-state index in [1.807, 2.05) is 0 Å². The number of carbonyl (C=O) groups excluding carboxylic acids is 2. The van der Waals surface area contributed by atoms with Gasteiger partial charge in [0.1, 0.15) is 11.6 Å². The number of rotatable bonds is 7. The second-order valence-corrected chi connectivity index (χ2v) is 7.11. The first-order chi connectivity index (χ1) is 14.4. The van der Waals surface area contributed by atoms with E-state index in [0.29, 0.717) is 23.6 Å². The highest BCUT2D eigenvalue weighted by atomic mass is 19.1. The number of amides is 1. The summed E-state index contributed by atoms with van der Waals surface area (Å²) in [6, 6.07) is 12.8. The van der Waals surface area contributed by atoms with Crippen LogP contribution < -0.4 is 10.1 Å². The van der Waals surface area contributed by atoms with Crippen molar-refractivity contribution in [2.45, 2.75) is 20.1 Å². The molecule has 2 aromatic rings. The Morgan fingerprint density at radius 2 is 1.80 bits per heavy atom. The van der Waals surface area contributed by atoms with Crippen LogP contribution in [-0.4, -0.2) is 38.3 Å². The molecule has 1 fully saturated rings. The molecule has 8 heteroatoms. The third-order valence-electron chi connectivity index (χ3n) is 4.59. The lowest BCUT2D eigenvalue weighted by Gasteiger charge is -2.36. The maximum absolute atomic E-state index is 13.9. The summed E-state index contributed by atoms with van der Waals surface area (Å²) < 4.78 is 35.3. The van der Waals surface area contributed by atoms with Crippen LogP contribution in [0.1, 0.15) is 25.7 Å². The molecule has 0 spiro atoms. The molecule has 1 saturated heterocycles. The SMILES string of the molecule is CCOC(=O)COc1ccc(NC(=O)C2(C)COC(c3ccccc3F)OC2)cc1. The number of hydrogen-bond acceptors (Lipinski definition) is 6. The molecule has 0 aliphatic carbocycles. The van der Waals surface area contributed by atoms with E-state index in [4.69, 9.17) is 18.9 Å². The molecule has 3 rings (SSSR count). The summed E-state index contributed by atoms with van der Waals surface area (Å²) in [7, 11) is 0. The van der Waals surface area contributed by atoms with Crippen molar-refractivity contribution < 1.29 is 32.9 Å². The van der Waals surface area contributed by atoms with Gasteiger partial charge in [-0.2, -0.15) is 0 Å². The molecule has 0 radical (unpaired) electrons. The second kappa shape index (κ2) is 9.69. The lowest BCUT2D eigenvalue weighted by Crippen LogP contribution is -2.45. The van der Waals surface area contributed by atoms with Crippen LogP contribution in [0.4, 0.5) is 10.1 Å². The number of nitrogens with one attached hydrogen (secondary N) is 1. The quantitative estimate of drug-likeness (QED) is 0.695. The van der Waals surface area contributed by atoms with Gasteiger partial charge in [0.05, 0.1) is 25.2 Å². The van der Waals surface area contributed by atoms with Gasteiger partial charge in [-0.1, -0.05) is 18.2 Å². The van der Waals surface area contributed by atoms with Gasteiger partial charge in [0.25, 0.3) is 0 Å². The average Bonchev–Trinajstić information content (AvgIpc) is 2.74. The summed E-state index contributed by atoms with van der Waals surface area (Å²) in [5, 5.41) is 2.81. The number of ether oxygens (including phenoxy) is 4. The third-order valence-corrected chi connectivity index (χ3v) is 4.59. The largest absolute Gasteiger partial charge is 0.482 e. The Hall–Kier alpha value is -2.97. The number of halogens is 1. The van der Waals surface area contributed by atoms with Gasteiger partial charge in [0, 0.05) is 11.3 Å². The van der Waals surface area contributed by atoms with Gasteiger partial charge in [0.2, 0.25) is 5.91 Å². The summed E-state index contributed by atoms with van der Waals surface area (Å²) >= 11 is 0. The Labute approximate surface area is 174 Å². The highest BCUT2D eigenvalue weighted by Crippen LogP contribution is 2.33. The Kier molecular flexibility index (Phi) is 7.02. The number of carbonyl (C=O) groups is 2. The first-order valence-electron chi connectivity index (χ1n) is 9.59. The van der Waals surface area contributed by atoms with Crippen LogP contribution in [0.5, 0.6) is 5.75 Å². The maximum Gasteiger partial charge on any atom is 0.344 e. The van der Waals surface area contributed by atoms with Crippen LogP contribution in [0, 0.1) is 11.2 Å². The molecule has 0 aromatic heterocycles. The van der Waals surface area contributed by atoms with Crippen molar-refractivity contribution in [3.05, 3.63) is 59.9 Å². The van der Waals surface area contributed by atoms with Crippen molar-refractivity contribution >= 4 is 17.6 Å². The summed E-state index contributed by atoms with van der Waals surface area (Å²) in [5.74, 6) is -0.673. The molecule has 2 aromatic carbocycles. The van der Waals surface area contributed by atoms with Gasteiger partial charge < -0.3 is 24.3 Å². The van der Waals surface area contributed by atoms with E-state index in [-0.39, 0.29) is 25.7 Å². The first-order valence-corrected chi connectivity index (χ1v) is 9.59. The minimum absolute atomic E-state index is 0.0819. The molecule has 0 bridgehead atoms. The molecule has 1 heterocycles. The van der Waals surface area contributed by atoms with Crippen LogP contribution in [0.2, 0.25) is 0 Å². The fourth-order valence-electron chi connectivity index (χ4n) is 2.85. The molecule has 0 saturated carbocycles. The van der Waals surface area contributed by atoms with Gasteiger partial charge in [-0.15, -0.1) is 0 Å². The molecular weight excluding hydrogens is 393 g/mol.